The maximum absolute atomic E-state index is 12.7. The van der Waals surface area contributed by atoms with Crippen LogP contribution in [-0.4, -0.2) is 36.5 Å². The third-order valence-corrected chi connectivity index (χ3v) is 4.51. The molecule has 3 atom stereocenters. The van der Waals surface area contributed by atoms with Crippen LogP contribution in [0.2, 0.25) is 0 Å². The Hall–Kier alpha value is -1.26. The van der Waals surface area contributed by atoms with Gasteiger partial charge in [-0.2, -0.15) is 0 Å². The lowest BCUT2D eigenvalue weighted by Crippen LogP contribution is -2.42. The van der Waals surface area contributed by atoms with Crippen molar-refractivity contribution >= 4 is 18.3 Å². The van der Waals surface area contributed by atoms with Crippen LogP contribution in [-0.2, 0) is 11.2 Å². The minimum absolute atomic E-state index is 0. The summed E-state index contributed by atoms with van der Waals surface area (Å²) in [6.07, 6.45) is 1.80. The number of ether oxygens (including phenoxy) is 1. The highest BCUT2D eigenvalue weighted by Gasteiger charge is 2.36. The molecule has 2 aliphatic heterocycles. The lowest BCUT2D eigenvalue weighted by atomic mass is 9.95. The highest BCUT2D eigenvalue weighted by Crippen LogP contribution is 2.30. The van der Waals surface area contributed by atoms with Crippen LogP contribution in [0.4, 0.5) is 0 Å². The molecular weight excluding hydrogens is 288 g/mol. The molecule has 0 aliphatic carbocycles. The number of halogens is 1. The van der Waals surface area contributed by atoms with Crippen LogP contribution in [0.5, 0.6) is 5.75 Å². The molecule has 0 aromatic heterocycles. The van der Waals surface area contributed by atoms with E-state index >= 15 is 0 Å². The van der Waals surface area contributed by atoms with Crippen molar-refractivity contribution in [2.45, 2.75) is 25.8 Å². The number of hydrogen-bond donors (Lipinski definition) is 1. The van der Waals surface area contributed by atoms with Gasteiger partial charge < -0.3 is 15.4 Å². The maximum Gasteiger partial charge on any atom is 0.229 e. The van der Waals surface area contributed by atoms with E-state index in [4.69, 9.17) is 10.5 Å². The quantitative estimate of drug-likeness (QED) is 0.907. The number of carbonyl (C=O) groups is 1. The molecule has 2 heterocycles. The molecule has 0 radical (unpaired) electrons. The van der Waals surface area contributed by atoms with Gasteiger partial charge >= 0.3 is 0 Å². The van der Waals surface area contributed by atoms with E-state index in [0.29, 0.717) is 25.1 Å². The number of nitrogens with zero attached hydrogens (tertiary/aromatic N) is 1. The van der Waals surface area contributed by atoms with Gasteiger partial charge in [-0.25, -0.2) is 0 Å². The van der Waals surface area contributed by atoms with Crippen molar-refractivity contribution in [3.05, 3.63) is 29.8 Å². The fourth-order valence-electron chi connectivity index (χ4n) is 3.34. The zero-order valence-electron chi connectivity index (χ0n) is 12.3. The van der Waals surface area contributed by atoms with Gasteiger partial charge in [-0.15, -0.1) is 12.4 Å². The van der Waals surface area contributed by atoms with Crippen molar-refractivity contribution in [3.8, 4) is 5.75 Å². The summed E-state index contributed by atoms with van der Waals surface area (Å²) in [5.41, 5.74) is 6.88. The van der Waals surface area contributed by atoms with Gasteiger partial charge in [-0.05, 0) is 43.9 Å². The van der Waals surface area contributed by atoms with E-state index < -0.39 is 0 Å². The Morgan fingerprint density at radius 2 is 2.19 bits per heavy atom. The molecule has 5 heteroatoms. The number of carbonyl (C=O) groups excluding carboxylic acids is 1. The number of benzene rings is 1. The fourth-order valence-corrected chi connectivity index (χ4v) is 3.34. The average Bonchev–Trinajstić information content (AvgIpc) is 2.87. The average molecular weight is 311 g/mol. The molecule has 3 rings (SSSR count). The summed E-state index contributed by atoms with van der Waals surface area (Å²) in [6.45, 7) is 4.07. The van der Waals surface area contributed by atoms with Gasteiger partial charge in [0.05, 0.1) is 5.92 Å². The van der Waals surface area contributed by atoms with Crippen molar-refractivity contribution in [1.82, 2.24) is 4.90 Å². The number of fused-ring (bicyclic) bond motifs is 1. The van der Waals surface area contributed by atoms with E-state index in [0.717, 1.165) is 30.7 Å². The van der Waals surface area contributed by atoms with Crippen LogP contribution in [0, 0.1) is 11.8 Å². The first kappa shape index (κ1) is 16.1. The van der Waals surface area contributed by atoms with E-state index in [1.807, 2.05) is 29.2 Å². The second-order valence-electron chi connectivity index (χ2n) is 6.00. The van der Waals surface area contributed by atoms with Gasteiger partial charge in [0.15, 0.2) is 0 Å². The number of para-hydroxylation sites is 1. The summed E-state index contributed by atoms with van der Waals surface area (Å²) in [6, 6.07) is 8.28. The Bertz CT molecular complexity index is 509. The van der Waals surface area contributed by atoms with Crippen LogP contribution >= 0.6 is 12.4 Å². The number of likely N-dealkylation sites (tertiary alicyclic amines) is 1. The molecule has 2 aliphatic rings. The van der Waals surface area contributed by atoms with E-state index in [2.05, 4.69) is 6.92 Å². The minimum atomic E-state index is -0.0520. The van der Waals surface area contributed by atoms with Crippen molar-refractivity contribution in [2.24, 2.45) is 17.6 Å². The molecule has 1 aromatic rings. The largest absolute Gasteiger partial charge is 0.492 e. The normalized spacial score (nSPS) is 27.5. The third kappa shape index (κ3) is 3.16. The molecule has 0 bridgehead atoms. The van der Waals surface area contributed by atoms with Crippen molar-refractivity contribution in [1.29, 1.82) is 0 Å². The minimum Gasteiger partial charge on any atom is -0.492 e. The predicted octanol–water partition coefficient (Wildman–Crippen LogP) is 1.86. The topological polar surface area (TPSA) is 55.6 Å². The Labute approximate surface area is 132 Å². The maximum atomic E-state index is 12.7. The Morgan fingerprint density at radius 3 is 2.90 bits per heavy atom. The van der Waals surface area contributed by atoms with Gasteiger partial charge in [0.1, 0.15) is 12.4 Å². The molecule has 4 nitrogen and oxygen atoms in total. The molecular formula is C16H23ClN2O2. The van der Waals surface area contributed by atoms with E-state index in [1.54, 1.807) is 0 Å². The predicted molar refractivity (Wildman–Crippen MR) is 84.7 cm³/mol. The monoisotopic (exact) mass is 310 g/mol. The second kappa shape index (κ2) is 6.67. The van der Waals surface area contributed by atoms with Crippen LogP contribution < -0.4 is 10.5 Å². The number of nitrogens with two attached hydrogens (primary N) is 1. The summed E-state index contributed by atoms with van der Waals surface area (Å²) in [7, 11) is 0. The standard InChI is InChI=1S/C16H22N2O2.ClH/c1-11-6-12(8-17)9-18(11)16(19)14-7-13-4-2-3-5-15(13)20-10-14;/h2-5,11-12,14H,6-10,17H2,1H3;1H. The smallest absolute Gasteiger partial charge is 0.229 e. The van der Waals surface area contributed by atoms with Gasteiger partial charge in [-0.1, -0.05) is 18.2 Å². The molecule has 21 heavy (non-hydrogen) atoms. The third-order valence-electron chi connectivity index (χ3n) is 4.51. The fraction of sp³-hybridized carbons (Fsp3) is 0.562. The van der Waals surface area contributed by atoms with Gasteiger partial charge in [-0.3, -0.25) is 4.79 Å². The highest BCUT2D eigenvalue weighted by atomic mass is 35.5. The zero-order chi connectivity index (χ0) is 14.1. The highest BCUT2D eigenvalue weighted by molar-refractivity contribution is 5.85. The molecule has 0 spiro atoms. The summed E-state index contributed by atoms with van der Waals surface area (Å²) < 4.78 is 5.73. The number of hydrogen-bond acceptors (Lipinski definition) is 3. The Balaban J connectivity index is 0.00000161. The van der Waals surface area contributed by atoms with Crippen LogP contribution in [0.3, 0.4) is 0 Å². The number of amides is 1. The molecule has 3 unspecified atom stereocenters. The SMILES string of the molecule is CC1CC(CN)CN1C(=O)C1COc2ccccc2C1.Cl. The first-order chi connectivity index (χ1) is 9.69. The summed E-state index contributed by atoms with van der Waals surface area (Å²) in [5.74, 6) is 1.54. The van der Waals surface area contributed by atoms with Crippen molar-refractivity contribution < 1.29 is 9.53 Å². The van der Waals surface area contributed by atoms with Crippen LogP contribution in [0.15, 0.2) is 24.3 Å². The lowest BCUT2D eigenvalue weighted by Gasteiger charge is -2.30. The van der Waals surface area contributed by atoms with Crippen LogP contribution in [0.1, 0.15) is 18.9 Å². The van der Waals surface area contributed by atoms with Crippen LogP contribution in [0.25, 0.3) is 0 Å². The van der Waals surface area contributed by atoms with E-state index in [1.165, 1.54) is 0 Å². The van der Waals surface area contributed by atoms with E-state index in [9.17, 15) is 4.79 Å². The van der Waals surface area contributed by atoms with Crippen molar-refractivity contribution in [3.63, 3.8) is 0 Å². The first-order valence-electron chi connectivity index (χ1n) is 7.40. The zero-order valence-corrected chi connectivity index (χ0v) is 13.1. The second-order valence-corrected chi connectivity index (χ2v) is 6.00. The molecule has 1 amide bonds. The summed E-state index contributed by atoms with van der Waals surface area (Å²) >= 11 is 0. The molecule has 1 aromatic carbocycles. The summed E-state index contributed by atoms with van der Waals surface area (Å²) in [5, 5.41) is 0. The van der Waals surface area contributed by atoms with Crippen molar-refractivity contribution in [2.75, 3.05) is 19.7 Å². The van der Waals surface area contributed by atoms with Gasteiger partial charge in [0, 0.05) is 12.6 Å². The van der Waals surface area contributed by atoms with Gasteiger partial charge in [0.25, 0.3) is 0 Å². The molecule has 1 saturated heterocycles. The lowest BCUT2D eigenvalue weighted by molar-refractivity contribution is -0.137. The number of rotatable bonds is 2. The molecule has 0 saturated carbocycles. The van der Waals surface area contributed by atoms with E-state index in [-0.39, 0.29) is 24.2 Å². The first-order valence-corrected chi connectivity index (χ1v) is 7.40. The molecule has 2 N–H and O–H groups in total. The molecule has 1 fully saturated rings. The Morgan fingerprint density at radius 1 is 1.43 bits per heavy atom. The summed E-state index contributed by atoms with van der Waals surface area (Å²) in [4.78, 5) is 14.7. The molecule has 116 valence electrons. The Kier molecular flexibility index (Phi) is 5.12. The van der Waals surface area contributed by atoms with Gasteiger partial charge in [0.2, 0.25) is 5.91 Å².